The SMILES string of the molecule is O=C([O-])c1cccc(C2=C(c3cc(F)ccc3OCc3ccc(C(F)(F)F)cc3F)CCC2)n1.[Na+]. The van der Waals surface area contributed by atoms with Crippen LogP contribution >= 0.6 is 0 Å². The Balaban J connectivity index is 0.00000342. The molecule has 0 atom stereocenters. The molecule has 0 fully saturated rings. The van der Waals surface area contributed by atoms with Crippen molar-refractivity contribution in [2.24, 2.45) is 0 Å². The van der Waals surface area contributed by atoms with Crippen LogP contribution in [0.15, 0.2) is 54.6 Å². The molecule has 1 aliphatic carbocycles. The molecule has 4 rings (SSSR count). The Morgan fingerprint density at radius 2 is 1.74 bits per heavy atom. The fourth-order valence-electron chi connectivity index (χ4n) is 3.90. The number of carboxylic acid groups (broad SMARTS) is 1. The molecule has 10 heteroatoms. The molecular formula is C25H17F5NNaO3. The number of allylic oxidation sites excluding steroid dienone is 2. The zero-order chi connectivity index (χ0) is 24.5. The number of carbonyl (C=O) groups is 1. The van der Waals surface area contributed by atoms with Crippen molar-refractivity contribution in [1.29, 1.82) is 0 Å². The maximum Gasteiger partial charge on any atom is 1.00 e. The van der Waals surface area contributed by atoms with E-state index in [1.807, 2.05) is 0 Å². The smallest absolute Gasteiger partial charge is 0.543 e. The molecule has 35 heavy (non-hydrogen) atoms. The van der Waals surface area contributed by atoms with Gasteiger partial charge in [0.15, 0.2) is 0 Å². The maximum atomic E-state index is 14.2. The van der Waals surface area contributed by atoms with Gasteiger partial charge in [-0.3, -0.25) is 0 Å². The van der Waals surface area contributed by atoms with Crippen LogP contribution in [0.25, 0.3) is 11.1 Å². The van der Waals surface area contributed by atoms with Gasteiger partial charge < -0.3 is 14.6 Å². The van der Waals surface area contributed by atoms with Crippen LogP contribution in [0.2, 0.25) is 0 Å². The second-order valence-corrected chi connectivity index (χ2v) is 7.74. The van der Waals surface area contributed by atoms with E-state index in [1.54, 1.807) is 6.07 Å². The number of halogens is 5. The van der Waals surface area contributed by atoms with Crippen LogP contribution in [-0.4, -0.2) is 11.0 Å². The fraction of sp³-hybridized carbons (Fsp3) is 0.200. The van der Waals surface area contributed by atoms with E-state index in [-0.39, 0.29) is 53.2 Å². The van der Waals surface area contributed by atoms with Crippen molar-refractivity contribution < 1.29 is 66.1 Å². The van der Waals surface area contributed by atoms with Crippen molar-refractivity contribution in [3.63, 3.8) is 0 Å². The van der Waals surface area contributed by atoms with Gasteiger partial charge in [-0.25, -0.2) is 13.8 Å². The summed E-state index contributed by atoms with van der Waals surface area (Å²) in [6.07, 6.45) is -2.84. The summed E-state index contributed by atoms with van der Waals surface area (Å²) in [7, 11) is 0. The second-order valence-electron chi connectivity index (χ2n) is 7.74. The molecule has 0 radical (unpaired) electrons. The van der Waals surface area contributed by atoms with Crippen molar-refractivity contribution in [3.8, 4) is 5.75 Å². The van der Waals surface area contributed by atoms with Gasteiger partial charge in [-0.1, -0.05) is 12.1 Å². The minimum Gasteiger partial charge on any atom is -0.543 e. The number of alkyl halides is 3. The van der Waals surface area contributed by atoms with E-state index < -0.39 is 29.3 Å². The van der Waals surface area contributed by atoms with Gasteiger partial charge in [0.25, 0.3) is 0 Å². The van der Waals surface area contributed by atoms with E-state index in [4.69, 9.17) is 4.74 Å². The number of rotatable bonds is 6. The Labute approximate surface area is 219 Å². The number of aromatic carboxylic acids is 1. The van der Waals surface area contributed by atoms with E-state index in [2.05, 4.69) is 4.98 Å². The van der Waals surface area contributed by atoms with E-state index in [1.165, 1.54) is 24.3 Å². The molecule has 1 aliphatic rings. The van der Waals surface area contributed by atoms with Crippen LogP contribution in [0, 0.1) is 11.6 Å². The van der Waals surface area contributed by atoms with Gasteiger partial charge in [-0.2, -0.15) is 13.2 Å². The molecule has 0 unspecified atom stereocenters. The van der Waals surface area contributed by atoms with Crippen molar-refractivity contribution in [2.45, 2.75) is 32.0 Å². The largest absolute Gasteiger partial charge is 1.00 e. The first-order chi connectivity index (χ1) is 16.1. The van der Waals surface area contributed by atoms with Crippen LogP contribution in [0.3, 0.4) is 0 Å². The summed E-state index contributed by atoms with van der Waals surface area (Å²) >= 11 is 0. The van der Waals surface area contributed by atoms with Gasteiger partial charge in [0.05, 0.1) is 22.9 Å². The van der Waals surface area contributed by atoms with Crippen molar-refractivity contribution in [3.05, 3.63) is 94.3 Å². The van der Waals surface area contributed by atoms with Gasteiger partial charge in [0.2, 0.25) is 0 Å². The number of carboxylic acids is 1. The number of hydrogen-bond donors (Lipinski definition) is 0. The molecule has 0 aliphatic heterocycles. The van der Waals surface area contributed by atoms with Gasteiger partial charge in [-0.15, -0.1) is 0 Å². The van der Waals surface area contributed by atoms with Crippen LogP contribution in [-0.2, 0) is 12.8 Å². The summed E-state index contributed by atoms with van der Waals surface area (Å²) < 4.78 is 72.4. The summed E-state index contributed by atoms with van der Waals surface area (Å²) in [5.74, 6) is -2.82. The number of aromatic nitrogens is 1. The fourth-order valence-corrected chi connectivity index (χ4v) is 3.90. The Kier molecular flexibility index (Phi) is 8.35. The van der Waals surface area contributed by atoms with Gasteiger partial charge in [0, 0.05) is 11.1 Å². The number of ether oxygens (including phenoxy) is 1. The van der Waals surface area contributed by atoms with Crippen LogP contribution in [0.5, 0.6) is 5.75 Å². The maximum absolute atomic E-state index is 14.2. The van der Waals surface area contributed by atoms with Crippen LogP contribution in [0.4, 0.5) is 22.0 Å². The number of carbonyl (C=O) groups excluding carboxylic acids is 1. The molecule has 0 amide bonds. The summed E-state index contributed by atoms with van der Waals surface area (Å²) in [5.41, 5.74) is 0.795. The zero-order valence-corrected chi connectivity index (χ0v) is 20.6. The summed E-state index contributed by atoms with van der Waals surface area (Å²) in [5, 5.41) is 11.2. The molecule has 1 aromatic heterocycles. The first kappa shape index (κ1) is 26.8. The quantitative estimate of drug-likeness (QED) is 0.388. The first-order valence-corrected chi connectivity index (χ1v) is 10.3. The molecule has 0 spiro atoms. The average Bonchev–Trinajstić information content (AvgIpc) is 3.28. The van der Waals surface area contributed by atoms with Crippen LogP contribution in [0.1, 0.15) is 52.1 Å². The average molecular weight is 497 g/mol. The first-order valence-electron chi connectivity index (χ1n) is 10.3. The normalized spacial score (nSPS) is 13.5. The molecule has 4 nitrogen and oxygen atoms in total. The molecule has 1 heterocycles. The molecule has 0 saturated heterocycles. The third kappa shape index (κ3) is 6.09. The molecule has 0 saturated carbocycles. The summed E-state index contributed by atoms with van der Waals surface area (Å²) in [6.45, 7) is -0.371. The summed E-state index contributed by atoms with van der Waals surface area (Å²) in [4.78, 5) is 15.3. The van der Waals surface area contributed by atoms with Gasteiger partial charge in [0.1, 0.15) is 24.0 Å². The molecule has 0 bridgehead atoms. The Morgan fingerprint density at radius 1 is 1.00 bits per heavy atom. The third-order valence-corrected chi connectivity index (χ3v) is 5.52. The van der Waals surface area contributed by atoms with Crippen LogP contribution < -0.4 is 39.4 Å². The topological polar surface area (TPSA) is 62.2 Å². The minimum absolute atomic E-state index is 0. The Hall–Kier alpha value is -2.75. The number of nitrogens with zero attached hydrogens (tertiary/aromatic N) is 1. The third-order valence-electron chi connectivity index (χ3n) is 5.52. The number of benzene rings is 2. The zero-order valence-electron chi connectivity index (χ0n) is 18.6. The minimum atomic E-state index is -4.67. The number of pyridine rings is 1. The predicted octanol–water partition coefficient (Wildman–Crippen LogP) is 2.42. The number of hydrogen-bond acceptors (Lipinski definition) is 4. The molecular weight excluding hydrogens is 480 g/mol. The van der Waals surface area contributed by atoms with Crippen molar-refractivity contribution in [2.75, 3.05) is 0 Å². The van der Waals surface area contributed by atoms with E-state index in [0.717, 1.165) is 23.8 Å². The molecule has 176 valence electrons. The predicted molar refractivity (Wildman–Crippen MR) is 111 cm³/mol. The second kappa shape index (κ2) is 10.9. The monoisotopic (exact) mass is 497 g/mol. The van der Waals surface area contributed by atoms with Gasteiger partial charge >= 0.3 is 35.7 Å². The Morgan fingerprint density at radius 3 is 2.43 bits per heavy atom. The summed E-state index contributed by atoms with van der Waals surface area (Å²) in [6, 6.07) is 10.4. The van der Waals surface area contributed by atoms with E-state index >= 15 is 0 Å². The van der Waals surface area contributed by atoms with E-state index in [9.17, 15) is 31.9 Å². The standard InChI is InChI=1S/C25H18F5NO3.Na/c26-16-9-10-23(34-13-14-7-8-15(11-20(14)27)25(28,29)30)19(12-16)17-3-1-4-18(17)21-5-2-6-22(31-21)24(32)33;/h2,5-12H,1,3-4,13H2,(H,32,33);/q;+1/p-1. The molecule has 2 aromatic carbocycles. The molecule has 0 N–H and O–H groups in total. The Bertz CT molecular complexity index is 1290. The van der Waals surface area contributed by atoms with Gasteiger partial charge in [-0.05, 0) is 72.9 Å². The van der Waals surface area contributed by atoms with Crippen molar-refractivity contribution >= 4 is 17.1 Å². The van der Waals surface area contributed by atoms with E-state index in [0.29, 0.717) is 42.2 Å². The molecule has 3 aromatic rings. The van der Waals surface area contributed by atoms with Crippen molar-refractivity contribution in [1.82, 2.24) is 4.98 Å².